The molecule has 8 heteroatoms. The molecule has 0 unspecified atom stereocenters. The predicted molar refractivity (Wildman–Crippen MR) is 108 cm³/mol. The van der Waals surface area contributed by atoms with Crippen molar-refractivity contribution in [3.05, 3.63) is 60.2 Å². The molecule has 0 bridgehead atoms. The minimum atomic E-state index is -3.64. The number of benzene rings is 2. The Morgan fingerprint density at radius 2 is 1.64 bits per heavy atom. The molecule has 0 aromatic heterocycles. The van der Waals surface area contributed by atoms with E-state index >= 15 is 0 Å². The third-order valence-electron chi connectivity index (χ3n) is 4.18. The molecule has 2 aromatic carbocycles. The summed E-state index contributed by atoms with van der Waals surface area (Å²) in [5, 5.41) is 2.79. The first-order valence-electron chi connectivity index (χ1n) is 9.01. The molecule has 0 atom stereocenters. The van der Waals surface area contributed by atoms with Crippen molar-refractivity contribution in [3.8, 4) is 0 Å². The lowest BCUT2D eigenvalue weighted by atomic mass is 10.1. The lowest BCUT2D eigenvalue weighted by Gasteiger charge is -2.21. The Labute approximate surface area is 165 Å². The molecule has 2 rings (SSSR count). The van der Waals surface area contributed by atoms with Crippen molar-refractivity contribution in [2.45, 2.75) is 31.7 Å². The van der Waals surface area contributed by atoms with Crippen molar-refractivity contribution in [2.75, 3.05) is 18.4 Å². The minimum Gasteiger partial charge on any atom is -0.339 e. The van der Waals surface area contributed by atoms with Crippen molar-refractivity contribution < 1.29 is 18.0 Å². The fourth-order valence-corrected chi connectivity index (χ4v) is 3.68. The standard InChI is InChI=1S/C20H25N3O4S/c1-3-23(16(2)24)15-17-9-7-8-12-19(17)22-20(25)13-14-21-28(26,27)18-10-5-4-6-11-18/h4-12,21H,3,13-15H2,1-2H3,(H,22,25). The first-order chi connectivity index (χ1) is 13.3. The number of nitrogens with one attached hydrogen (secondary N) is 2. The smallest absolute Gasteiger partial charge is 0.240 e. The van der Waals surface area contributed by atoms with E-state index in [1.54, 1.807) is 35.2 Å². The van der Waals surface area contributed by atoms with E-state index < -0.39 is 10.0 Å². The number of carbonyl (C=O) groups excluding carboxylic acids is 2. The van der Waals surface area contributed by atoms with Gasteiger partial charge in [-0.1, -0.05) is 36.4 Å². The van der Waals surface area contributed by atoms with Crippen LogP contribution in [0.4, 0.5) is 5.69 Å². The van der Waals surface area contributed by atoms with E-state index in [9.17, 15) is 18.0 Å². The quantitative estimate of drug-likeness (QED) is 0.672. The van der Waals surface area contributed by atoms with E-state index in [0.29, 0.717) is 18.8 Å². The van der Waals surface area contributed by atoms with E-state index in [0.717, 1.165) is 5.56 Å². The molecule has 0 spiro atoms. The zero-order valence-corrected chi connectivity index (χ0v) is 16.8. The maximum Gasteiger partial charge on any atom is 0.240 e. The Kier molecular flexibility index (Phi) is 7.71. The van der Waals surface area contributed by atoms with Gasteiger partial charge in [0.1, 0.15) is 0 Å². The van der Waals surface area contributed by atoms with Gasteiger partial charge in [0, 0.05) is 38.7 Å². The molecular weight excluding hydrogens is 378 g/mol. The summed E-state index contributed by atoms with van der Waals surface area (Å²) >= 11 is 0. The molecule has 0 radical (unpaired) electrons. The van der Waals surface area contributed by atoms with E-state index in [4.69, 9.17) is 0 Å². The van der Waals surface area contributed by atoms with Crippen LogP contribution in [0.15, 0.2) is 59.5 Å². The van der Waals surface area contributed by atoms with Crippen LogP contribution in [0.25, 0.3) is 0 Å². The normalized spacial score (nSPS) is 11.1. The molecule has 2 N–H and O–H groups in total. The first-order valence-corrected chi connectivity index (χ1v) is 10.5. The molecule has 0 fully saturated rings. The lowest BCUT2D eigenvalue weighted by Crippen LogP contribution is -2.29. The van der Waals surface area contributed by atoms with Gasteiger partial charge in [-0.25, -0.2) is 13.1 Å². The summed E-state index contributed by atoms with van der Waals surface area (Å²) in [4.78, 5) is 25.7. The summed E-state index contributed by atoms with van der Waals surface area (Å²) in [6, 6.07) is 15.2. The number of sulfonamides is 1. The van der Waals surface area contributed by atoms with Crippen molar-refractivity contribution >= 4 is 27.5 Å². The van der Waals surface area contributed by atoms with E-state index in [-0.39, 0.29) is 29.7 Å². The molecule has 2 aromatic rings. The number of amides is 2. The highest BCUT2D eigenvalue weighted by Crippen LogP contribution is 2.17. The molecule has 2 amide bonds. The zero-order valence-electron chi connectivity index (χ0n) is 16.0. The summed E-state index contributed by atoms with van der Waals surface area (Å²) in [6.07, 6.45) is -0.00933. The second kappa shape index (κ2) is 10.0. The lowest BCUT2D eigenvalue weighted by molar-refractivity contribution is -0.129. The van der Waals surface area contributed by atoms with Gasteiger partial charge in [0.15, 0.2) is 0 Å². The molecule has 0 saturated carbocycles. The Morgan fingerprint density at radius 1 is 1.00 bits per heavy atom. The van der Waals surface area contributed by atoms with Crippen molar-refractivity contribution in [1.29, 1.82) is 0 Å². The SMILES string of the molecule is CCN(Cc1ccccc1NC(=O)CCNS(=O)(=O)c1ccccc1)C(C)=O. The Bertz CT molecular complexity index is 914. The van der Waals surface area contributed by atoms with Crippen LogP contribution in [0.1, 0.15) is 25.8 Å². The molecular formula is C20H25N3O4S. The maximum absolute atomic E-state index is 12.2. The first kappa shape index (κ1) is 21.6. The van der Waals surface area contributed by atoms with Crippen LogP contribution in [-0.2, 0) is 26.2 Å². The zero-order chi connectivity index (χ0) is 20.6. The fraction of sp³-hybridized carbons (Fsp3) is 0.300. The van der Waals surface area contributed by atoms with Gasteiger partial charge in [0.05, 0.1) is 4.90 Å². The van der Waals surface area contributed by atoms with Crippen LogP contribution in [0.5, 0.6) is 0 Å². The van der Waals surface area contributed by atoms with Crippen molar-refractivity contribution in [1.82, 2.24) is 9.62 Å². The topological polar surface area (TPSA) is 95.6 Å². The third-order valence-corrected chi connectivity index (χ3v) is 5.65. The van der Waals surface area contributed by atoms with E-state index in [2.05, 4.69) is 10.0 Å². The average Bonchev–Trinajstić information content (AvgIpc) is 2.67. The second-order valence-electron chi connectivity index (χ2n) is 6.20. The summed E-state index contributed by atoms with van der Waals surface area (Å²) in [5.41, 5.74) is 1.43. The molecule has 28 heavy (non-hydrogen) atoms. The summed E-state index contributed by atoms with van der Waals surface area (Å²) in [6.45, 7) is 4.34. The van der Waals surface area contributed by atoms with Crippen LogP contribution in [0.3, 0.4) is 0 Å². The summed E-state index contributed by atoms with van der Waals surface area (Å²) in [7, 11) is -3.64. The minimum absolute atomic E-state index is 0.00933. The number of para-hydroxylation sites is 1. The number of anilines is 1. The molecule has 150 valence electrons. The number of carbonyl (C=O) groups is 2. The van der Waals surface area contributed by atoms with Crippen LogP contribution < -0.4 is 10.0 Å². The Balaban J connectivity index is 1.94. The van der Waals surface area contributed by atoms with Crippen LogP contribution in [0, 0.1) is 0 Å². The molecule has 7 nitrogen and oxygen atoms in total. The van der Waals surface area contributed by atoms with Crippen molar-refractivity contribution in [2.24, 2.45) is 0 Å². The molecule has 0 saturated heterocycles. The van der Waals surface area contributed by atoms with Gasteiger partial charge in [0.2, 0.25) is 21.8 Å². The third kappa shape index (κ3) is 6.17. The van der Waals surface area contributed by atoms with Crippen LogP contribution >= 0.6 is 0 Å². The van der Waals surface area contributed by atoms with E-state index in [1.807, 2.05) is 19.1 Å². The highest BCUT2D eigenvalue weighted by molar-refractivity contribution is 7.89. The van der Waals surface area contributed by atoms with Gasteiger partial charge in [-0.2, -0.15) is 0 Å². The van der Waals surface area contributed by atoms with Gasteiger partial charge >= 0.3 is 0 Å². The Morgan fingerprint density at radius 3 is 2.29 bits per heavy atom. The van der Waals surface area contributed by atoms with Crippen molar-refractivity contribution in [3.63, 3.8) is 0 Å². The summed E-state index contributed by atoms with van der Waals surface area (Å²) in [5.74, 6) is -0.354. The van der Waals surface area contributed by atoms with Gasteiger partial charge in [-0.3, -0.25) is 9.59 Å². The second-order valence-corrected chi connectivity index (χ2v) is 7.97. The highest BCUT2D eigenvalue weighted by atomic mass is 32.2. The predicted octanol–water partition coefficient (Wildman–Crippen LogP) is 2.36. The summed E-state index contributed by atoms with van der Waals surface area (Å²) < 4.78 is 26.7. The van der Waals surface area contributed by atoms with Crippen LogP contribution in [0.2, 0.25) is 0 Å². The highest BCUT2D eigenvalue weighted by Gasteiger charge is 2.15. The number of rotatable bonds is 9. The van der Waals surface area contributed by atoms with Gasteiger partial charge < -0.3 is 10.2 Å². The molecule has 0 aliphatic carbocycles. The Hall–Kier alpha value is -2.71. The average molecular weight is 404 g/mol. The largest absolute Gasteiger partial charge is 0.339 e. The van der Waals surface area contributed by atoms with E-state index in [1.165, 1.54) is 19.1 Å². The molecule has 0 heterocycles. The monoisotopic (exact) mass is 403 g/mol. The van der Waals surface area contributed by atoms with Gasteiger partial charge in [0.25, 0.3) is 0 Å². The number of hydrogen-bond donors (Lipinski definition) is 2. The number of hydrogen-bond acceptors (Lipinski definition) is 4. The maximum atomic E-state index is 12.2. The van der Waals surface area contributed by atoms with Gasteiger partial charge in [-0.05, 0) is 30.7 Å². The fourth-order valence-electron chi connectivity index (χ4n) is 2.63. The van der Waals surface area contributed by atoms with Crippen LogP contribution in [-0.4, -0.2) is 38.2 Å². The number of nitrogens with zero attached hydrogens (tertiary/aromatic N) is 1. The molecule has 0 aliphatic rings. The molecule has 0 aliphatic heterocycles. The van der Waals surface area contributed by atoms with Gasteiger partial charge in [-0.15, -0.1) is 0 Å².